The van der Waals surface area contributed by atoms with E-state index in [1.807, 2.05) is 48.3 Å². The summed E-state index contributed by atoms with van der Waals surface area (Å²) < 4.78 is 5.34. The molecule has 5 heteroatoms. The van der Waals surface area contributed by atoms with Gasteiger partial charge in [0.2, 0.25) is 0 Å². The average Bonchev–Trinajstić information content (AvgIpc) is 3.42. The Morgan fingerprint density at radius 1 is 1.00 bits per heavy atom. The zero-order valence-corrected chi connectivity index (χ0v) is 18.0. The lowest BCUT2D eigenvalue weighted by atomic mass is 9.94. The standard InChI is InChI=1S/C26H28N2O3/c1-19-25(21-12-7-4-8-13-21)28(26(30)27(19)2)22(16-15-20-10-5-3-6-11-20)18-23(29)24-14-9-17-31-24/h3-14,17,19,22,25H,15-16,18H2,1-2H3/t19-,22+,25-/m0/s1. The van der Waals surface area contributed by atoms with Crippen LogP contribution in [0.5, 0.6) is 0 Å². The molecule has 3 aromatic rings. The van der Waals surface area contributed by atoms with E-state index < -0.39 is 0 Å². The van der Waals surface area contributed by atoms with Crippen molar-refractivity contribution in [2.75, 3.05) is 7.05 Å². The van der Waals surface area contributed by atoms with E-state index in [-0.39, 0.29) is 36.4 Å². The van der Waals surface area contributed by atoms with Crippen molar-refractivity contribution < 1.29 is 14.0 Å². The van der Waals surface area contributed by atoms with Crippen LogP contribution in [-0.4, -0.2) is 40.7 Å². The van der Waals surface area contributed by atoms with E-state index in [0.29, 0.717) is 12.2 Å². The fraction of sp³-hybridized carbons (Fsp3) is 0.308. The number of rotatable bonds is 8. The van der Waals surface area contributed by atoms with Gasteiger partial charge < -0.3 is 14.2 Å². The molecule has 0 unspecified atom stereocenters. The van der Waals surface area contributed by atoms with Crippen molar-refractivity contribution in [1.82, 2.24) is 9.80 Å². The highest BCUT2D eigenvalue weighted by atomic mass is 16.3. The van der Waals surface area contributed by atoms with Gasteiger partial charge in [-0.3, -0.25) is 4.79 Å². The second-order valence-electron chi connectivity index (χ2n) is 8.18. The molecule has 2 heterocycles. The van der Waals surface area contributed by atoms with Gasteiger partial charge in [-0.1, -0.05) is 60.7 Å². The Morgan fingerprint density at radius 2 is 1.68 bits per heavy atom. The molecule has 5 nitrogen and oxygen atoms in total. The van der Waals surface area contributed by atoms with E-state index in [4.69, 9.17) is 4.42 Å². The normalized spacial score (nSPS) is 19.6. The van der Waals surface area contributed by atoms with Gasteiger partial charge in [-0.15, -0.1) is 0 Å². The molecule has 1 aromatic heterocycles. The first-order chi connectivity index (χ1) is 15.1. The van der Waals surface area contributed by atoms with Crippen molar-refractivity contribution in [3.05, 3.63) is 95.9 Å². The highest BCUT2D eigenvalue weighted by Gasteiger charge is 2.45. The molecule has 1 aliphatic rings. The number of likely N-dealkylation sites (N-methyl/N-ethyl adjacent to an activating group) is 1. The van der Waals surface area contributed by atoms with Crippen LogP contribution in [0.1, 0.15) is 47.5 Å². The summed E-state index contributed by atoms with van der Waals surface area (Å²) in [7, 11) is 1.84. The van der Waals surface area contributed by atoms with Gasteiger partial charge in [0, 0.05) is 19.5 Å². The van der Waals surface area contributed by atoms with Crippen LogP contribution in [0.3, 0.4) is 0 Å². The quantitative estimate of drug-likeness (QED) is 0.465. The number of urea groups is 1. The van der Waals surface area contributed by atoms with E-state index in [1.54, 1.807) is 17.0 Å². The molecule has 2 amide bonds. The number of furan rings is 1. The summed E-state index contributed by atoms with van der Waals surface area (Å²) in [6, 6.07) is 23.3. The summed E-state index contributed by atoms with van der Waals surface area (Å²) in [5.41, 5.74) is 2.28. The van der Waals surface area contributed by atoms with Crippen LogP contribution >= 0.6 is 0 Å². The molecule has 1 saturated heterocycles. The molecule has 31 heavy (non-hydrogen) atoms. The molecule has 160 valence electrons. The fourth-order valence-electron chi connectivity index (χ4n) is 4.46. The van der Waals surface area contributed by atoms with Crippen molar-refractivity contribution in [1.29, 1.82) is 0 Å². The lowest BCUT2D eigenvalue weighted by Gasteiger charge is -2.33. The van der Waals surface area contributed by atoms with E-state index >= 15 is 0 Å². The molecule has 0 radical (unpaired) electrons. The van der Waals surface area contributed by atoms with Gasteiger partial charge in [0.1, 0.15) is 0 Å². The first kappa shape index (κ1) is 20.9. The maximum Gasteiger partial charge on any atom is 0.320 e. The van der Waals surface area contributed by atoms with Gasteiger partial charge in [0.25, 0.3) is 0 Å². The van der Waals surface area contributed by atoms with Gasteiger partial charge in [-0.25, -0.2) is 4.79 Å². The number of Topliss-reactive ketones (excluding diaryl/α,β-unsaturated/α-hetero) is 1. The average molecular weight is 417 g/mol. The minimum Gasteiger partial charge on any atom is -0.461 e. The monoisotopic (exact) mass is 416 g/mol. The van der Waals surface area contributed by atoms with Crippen molar-refractivity contribution >= 4 is 11.8 Å². The van der Waals surface area contributed by atoms with Crippen LogP contribution < -0.4 is 0 Å². The van der Waals surface area contributed by atoms with Crippen LogP contribution in [0.15, 0.2) is 83.5 Å². The third-order valence-corrected chi connectivity index (χ3v) is 6.25. The largest absolute Gasteiger partial charge is 0.461 e. The first-order valence-corrected chi connectivity index (χ1v) is 10.8. The summed E-state index contributed by atoms with van der Waals surface area (Å²) in [5.74, 6) is 0.263. The highest BCUT2D eigenvalue weighted by Crippen LogP contribution is 2.38. The summed E-state index contributed by atoms with van der Waals surface area (Å²) in [4.78, 5) is 30.0. The van der Waals surface area contributed by atoms with Gasteiger partial charge in [0.05, 0.1) is 18.3 Å². The summed E-state index contributed by atoms with van der Waals surface area (Å²) >= 11 is 0. The lowest BCUT2D eigenvalue weighted by molar-refractivity contribution is 0.0892. The predicted molar refractivity (Wildman–Crippen MR) is 120 cm³/mol. The number of benzene rings is 2. The van der Waals surface area contributed by atoms with Gasteiger partial charge >= 0.3 is 6.03 Å². The number of amides is 2. The first-order valence-electron chi connectivity index (χ1n) is 10.8. The van der Waals surface area contributed by atoms with Crippen LogP contribution in [0.25, 0.3) is 0 Å². The van der Waals surface area contributed by atoms with E-state index in [2.05, 4.69) is 31.2 Å². The number of hydrogen-bond acceptors (Lipinski definition) is 3. The minimum absolute atomic E-state index is 0.00726. The molecule has 1 fully saturated rings. The second kappa shape index (κ2) is 9.21. The van der Waals surface area contributed by atoms with Crippen LogP contribution in [-0.2, 0) is 6.42 Å². The van der Waals surface area contributed by atoms with Crippen molar-refractivity contribution in [2.24, 2.45) is 0 Å². The van der Waals surface area contributed by atoms with Gasteiger partial charge in [-0.05, 0) is 43.0 Å². The Balaban J connectivity index is 1.65. The molecule has 0 saturated carbocycles. The Labute approximate surface area is 183 Å². The molecule has 0 spiro atoms. The minimum atomic E-state index is -0.233. The molecule has 0 N–H and O–H groups in total. The molecule has 4 rings (SSSR count). The Kier molecular flexibility index (Phi) is 6.21. The summed E-state index contributed by atoms with van der Waals surface area (Å²) in [6.07, 6.45) is 3.23. The number of aryl methyl sites for hydroxylation is 1. The van der Waals surface area contributed by atoms with Crippen LogP contribution in [0, 0.1) is 0 Å². The van der Waals surface area contributed by atoms with E-state index in [0.717, 1.165) is 12.0 Å². The lowest BCUT2D eigenvalue weighted by Crippen LogP contribution is -2.41. The molecule has 0 aliphatic carbocycles. The zero-order valence-electron chi connectivity index (χ0n) is 18.0. The summed E-state index contributed by atoms with van der Waals surface area (Å²) in [6.45, 7) is 2.07. The molecule has 1 aliphatic heterocycles. The number of hydrogen-bond donors (Lipinski definition) is 0. The highest BCUT2D eigenvalue weighted by molar-refractivity contribution is 5.94. The molecule has 2 aromatic carbocycles. The smallest absolute Gasteiger partial charge is 0.320 e. The van der Waals surface area contributed by atoms with Crippen molar-refractivity contribution in [3.8, 4) is 0 Å². The number of nitrogens with zero attached hydrogens (tertiary/aromatic N) is 2. The fourth-order valence-corrected chi connectivity index (χ4v) is 4.46. The Morgan fingerprint density at radius 3 is 2.32 bits per heavy atom. The van der Waals surface area contributed by atoms with Crippen LogP contribution in [0.4, 0.5) is 4.79 Å². The third kappa shape index (κ3) is 4.41. The van der Waals surface area contributed by atoms with Crippen LogP contribution in [0.2, 0.25) is 0 Å². The SMILES string of the molecule is C[C@H]1[C@@H](c2ccccc2)N([C@H](CCc2ccccc2)CC(=O)c2ccco2)C(=O)N1C. The topological polar surface area (TPSA) is 53.8 Å². The maximum atomic E-state index is 13.3. The molecule has 3 atom stereocenters. The van der Waals surface area contributed by atoms with E-state index in [9.17, 15) is 9.59 Å². The molecular formula is C26H28N2O3. The molecule has 0 bridgehead atoms. The Hall–Kier alpha value is -3.34. The third-order valence-electron chi connectivity index (χ3n) is 6.25. The van der Waals surface area contributed by atoms with Crippen molar-refractivity contribution in [3.63, 3.8) is 0 Å². The Bertz CT molecular complexity index is 1000. The zero-order chi connectivity index (χ0) is 21.8. The second-order valence-corrected chi connectivity index (χ2v) is 8.18. The van der Waals surface area contributed by atoms with Gasteiger partial charge in [0.15, 0.2) is 11.5 Å². The number of carbonyl (C=O) groups excluding carboxylic acids is 2. The number of carbonyl (C=O) groups is 2. The van der Waals surface area contributed by atoms with Crippen molar-refractivity contribution in [2.45, 2.75) is 44.3 Å². The predicted octanol–water partition coefficient (Wildman–Crippen LogP) is 5.35. The summed E-state index contributed by atoms with van der Waals surface area (Å²) in [5, 5.41) is 0. The maximum absolute atomic E-state index is 13.3. The van der Waals surface area contributed by atoms with Gasteiger partial charge in [-0.2, -0.15) is 0 Å². The molecular weight excluding hydrogens is 388 g/mol. The number of ketones is 1. The van der Waals surface area contributed by atoms with E-state index in [1.165, 1.54) is 11.8 Å².